The SMILES string of the molecule is COc1ccc(Cl)c2sc(N(CCC[NH+](C)C)C(=O)Cc3ccccc3)nc12. The standard InChI is InChI=1S/C21H24ClN3O2S/c1-24(2)12-7-13-25(18(26)14-15-8-5-4-6-9-15)21-23-19-17(27-3)11-10-16(22)20(19)28-21/h4-6,8-11H,7,12-14H2,1-3H3/p+1. The minimum atomic E-state index is 0.0362. The van der Waals surface area contributed by atoms with Crippen LogP contribution in [0.4, 0.5) is 5.13 Å². The molecule has 5 nitrogen and oxygen atoms in total. The molecule has 0 spiro atoms. The minimum absolute atomic E-state index is 0.0362. The van der Waals surface area contributed by atoms with Crippen LogP contribution in [0.15, 0.2) is 42.5 Å². The summed E-state index contributed by atoms with van der Waals surface area (Å²) in [5.74, 6) is 0.698. The molecule has 28 heavy (non-hydrogen) atoms. The van der Waals surface area contributed by atoms with E-state index in [0.717, 1.165) is 23.2 Å². The van der Waals surface area contributed by atoms with Gasteiger partial charge in [0.05, 0.1) is 43.9 Å². The number of benzene rings is 2. The van der Waals surface area contributed by atoms with Crippen molar-refractivity contribution in [2.75, 3.05) is 39.2 Å². The van der Waals surface area contributed by atoms with Crippen LogP contribution in [0.1, 0.15) is 12.0 Å². The van der Waals surface area contributed by atoms with E-state index in [1.54, 1.807) is 24.1 Å². The van der Waals surface area contributed by atoms with Gasteiger partial charge in [0, 0.05) is 13.0 Å². The fourth-order valence-corrected chi connectivity index (χ4v) is 4.30. The van der Waals surface area contributed by atoms with Crippen LogP contribution < -0.4 is 14.5 Å². The third-order valence-electron chi connectivity index (χ3n) is 4.46. The van der Waals surface area contributed by atoms with Gasteiger partial charge in [0.25, 0.3) is 0 Å². The number of carbonyl (C=O) groups excluding carboxylic acids is 1. The van der Waals surface area contributed by atoms with Gasteiger partial charge in [-0.05, 0) is 17.7 Å². The average molecular weight is 419 g/mol. The van der Waals surface area contributed by atoms with Gasteiger partial charge in [-0.25, -0.2) is 4.98 Å². The number of nitrogens with one attached hydrogen (secondary N) is 1. The van der Waals surface area contributed by atoms with Gasteiger partial charge in [0.15, 0.2) is 5.13 Å². The smallest absolute Gasteiger partial charge is 0.233 e. The summed E-state index contributed by atoms with van der Waals surface area (Å²) in [6.07, 6.45) is 1.24. The first-order valence-electron chi connectivity index (χ1n) is 9.26. The summed E-state index contributed by atoms with van der Waals surface area (Å²) in [4.78, 5) is 21.0. The molecular weight excluding hydrogens is 394 g/mol. The molecule has 0 unspecified atom stereocenters. The van der Waals surface area contributed by atoms with E-state index in [4.69, 9.17) is 21.3 Å². The number of ether oxygens (including phenoxy) is 1. The normalized spacial score (nSPS) is 11.2. The van der Waals surface area contributed by atoms with Crippen LogP contribution in [-0.2, 0) is 11.2 Å². The Kier molecular flexibility index (Phi) is 6.88. The Morgan fingerprint density at radius 1 is 1.21 bits per heavy atom. The monoisotopic (exact) mass is 418 g/mol. The van der Waals surface area contributed by atoms with Gasteiger partial charge in [0.2, 0.25) is 5.91 Å². The van der Waals surface area contributed by atoms with Gasteiger partial charge in [-0.3, -0.25) is 9.69 Å². The van der Waals surface area contributed by atoms with Crippen LogP contribution in [0.3, 0.4) is 0 Å². The molecule has 0 bridgehead atoms. The van der Waals surface area contributed by atoms with Crippen molar-refractivity contribution in [3.63, 3.8) is 0 Å². The molecule has 0 saturated heterocycles. The molecule has 0 saturated carbocycles. The third-order valence-corrected chi connectivity index (χ3v) is 5.99. The van der Waals surface area contributed by atoms with Gasteiger partial charge in [0.1, 0.15) is 11.3 Å². The number of hydrogen-bond donors (Lipinski definition) is 1. The molecule has 1 N–H and O–H groups in total. The lowest BCUT2D eigenvalue weighted by Crippen LogP contribution is -3.05. The van der Waals surface area contributed by atoms with Gasteiger partial charge in [-0.15, -0.1) is 0 Å². The maximum Gasteiger partial charge on any atom is 0.233 e. The molecule has 1 aromatic heterocycles. The van der Waals surface area contributed by atoms with E-state index in [-0.39, 0.29) is 5.91 Å². The molecular formula is C21H25ClN3O2S+. The van der Waals surface area contributed by atoms with E-state index in [9.17, 15) is 4.79 Å². The first-order valence-corrected chi connectivity index (χ1v) is 10.5. The van der Waals surface area contributed by atoms with E-state index in [0.29, 0.717) is 34.4 Å². The summed E-state index contributed by atoms with van der Waals surface area (Å²) in [5.41, 5.74) is 1.69. The summed E-state index contributed by atoms with van der Waals surface area (Å²) >= 11 is 7.80. The lowest BCUT2D eigenvalue weighted by atomic mass is 10.1. The fraction of sp³-hybridized carbons (Fsp3) is 0.333. The van der Waals surface area contributed by atoms with Gasteiger partial charge >= 0.3 is 0 Å². The Morgan fingerprint density at radius 3 is 2.64 bits per heavy atom. The van der Waals surface area contributed by atoms with Crippen molar-refractivity contribution in [1.82, 2.24) is 4.98 Å². The Morgan fingerprint density at radius 2 is 1.96 bits per heavy atom. The zero-order chi connectivity index (χ0) is 20.1. The molecule has 0 aliphatic carbocycles. The van der Waals surface area contributed by atoms with E-state index in [1.165, 1.54) is 16.2 Å². The number of amides is 1. The number of anilines is 1. The summed E-state index contributed by atoms with van der Waals surface area (Å²) < 4.78 is 6.26. The number of fused-ring (bicyclic) bond motifs is 1. The van der Waals surface area contributed by atoms with Gasteiger partial charge < -0.3 is 9.64 Å². The second-order valence-corrected chi connectivity index (χ2v) is 8.33. The molecule has 0 atom stereocenters. The fourth-order valence-electron chi connectivity index (χ4n) is 3.01. The number of halogens is 1. The van der Waals surface area contributed by atoms with Crippen LogP contribution in [-0.4, -0.2) is 45.2 Å². The zero-order valence-electron chi connectivity index (χ0n) is 16.4. The van der Waals surface area contributed by atoms with Crippen molar-refractivity contribution >= 4 is 44.2 Å². The van der Waals surface area contributed by atoms with Crippen LogP contribution in [0, 0.1) is 0 Å². The Bertz CT molecular complexity index is 943. The largest absolute Gasteiger partial charge is 0.494 e. The zero-order valence-corrected chi connectivity index (χ0v) is 17.9. The molecule has 0 aliphatic heterocycles. The van der Waals surface area contributed by atoms with Crippen molar-refractivity contribution in [3.8, 4) is 5.75 Å². The summed E-state index contributed by atoms with van der Waals surface area (Å²) in [6.45, 7) is 1.60. The molecule has 7 heteroatoms. The third kappa shape index (κ3) is 4.82. The van der Waals surface area contributed by atoms with E-state index in [2.05, 4.69) is 14.1 Å². The highest BCUT2D eigenvalue weighted by molar-refractivity contribution is 7.23. The summed E-state index contributed by atoms with van der Waals surface area (Å²) in [5, 5.41) is 1.28. The predicted molar refractivity (Wildman–Crippen MR) is 116 cm³/mol. The first kappa shape index (κ1) is 20.6. The minimum Gasteiger partial charge on any atom is -0.494 e. The number of rotatable bonds is 8. The Balaban J connectivity index is 1.92. The van der Waals surface area contributed by atoms with Crippen molar-refractivity contribution in [2.45, 2.75) is 12.8 Å². The van der Waals surface area contributed by atoms with E-state index < -0.39 is 0 Å². The Hall–Kier alpha value is -2.15. The molecule has 1 heterocycles. The highest BCUT2D eigenvalue weighted by Crippen LogP contribution is 2.38. The number of thiazole rings is 1. The van der Waals surface area contributed by atoms with Crippen molar-refractivity contribution in [3.05, 3.63) is 53.1 Å². The molecule has 3 aromatic rings. The summed E-state index contributed by atoms with van der Waals surface area (Å²) in [7, 11) is 5.83. The molecule has 1 amide bonds. The predicted octanol–water partition coefficient (Wildman–Crippen LogP) is 3.07. The van der Waals surface area contributed by atoms with Crippen LogP contribution in [0.2, 0.25) is 5.02 Å². The highest BCUT2D eigenvalue weighted by Gasteiger charge is 2.22. The molecule has 3 rings (SSSR count). The number of carbonyl (C=O) groups is 1. The van der Waals surface area contributed by atoms with Crippen LogP contribution in [0.25, 0.3) is 10.2 Å². The van der Waals surface area contributed by atoms with Crippen molar-refractivity contribution < 1.29 is 14.4 Å². The molecule has 0 fully saturated rings. The molecule has 0 radical (unpaired) electrons. The van der Waals surface area contributed by atoms with Gasteiger partial charge in [-0.1, -0.05) is 53.3 Å². The van der Waals surface area contributed by atoms with Gasteiger partial charge in [-0.2, -0.15) is 0 Å². The first-order chi connectivity index (χ1) is 13.5. The molecule has 0 aliphatic rings. The number of methoxy groups -OCH3 is 1. The Labute approximate surface area is 174 Å². The van der Waals surface area contributed by atoms with Crippen LogP contribution in [0.5, 0.6) is 5.75 Å². The maximum atomic E-state index is 13.1. The maximum absolute atomic E-state index is 13.1. The topological polar surface area (TPSA) is 46.9 Å². The lowest BCUT2D eigenvalue weighted by molar-refractivity contribution is -0.858. The number of aromatic nitrogens is 1. The number of quaternary nitrogens is 1. The number of hydrogen-bond acceptors (Lipinski definition) is 4. The second kappa shape index (κ2) is 9.37. The number of nitrogens with zero attached hydrogens (tertiary/aromatic N) is 2. The van der Waals surface area contributed by atoms with E-state index >= 15 is 0 Å². The molecule has 148 valence electrons. The highest BCUT2D eigenvalue weighted by atomic mass is 35.5. The quantitative estimate of drug-likeness (QED) is 0.611. The lowest BCUT2D eigenvalue weighted by Gasteiger charge is -2.20. The van der Waals surface area contributed by atoms with Crippen molar-refractivity contribution in [1.29, 1.82) is 0 Å². The van der Waals surface area contributed by atoms with Crippen LogP contribution >= 0.6 is 22.9 Å². The molecule has 2 aromatic carbocycles. The van der Waals surface area contributed by atoms with Crippen molar-refractivity contribution in [2.24, 2.45) is 0 Å². The second-order valence-electron chi connectivity index (χ2n) is 6.94. The van der Waals surface area contributed by atoms with E-state index in [1.807, 2.05) is 30.3 Å². The summed E-state index contributed by atoms with van der Waals surface area (Å²) in [6, 6.07) is 13.4. The average Bonchev–Trinajstić information content (AvgIpc) is 3.12.